The molecule has 3 rings (SSSR count). The van der Waals surface area contributed by atoms with Crippen LogP contribution in [0.1, 0.15) is 44.5 Å². The number of aryl methyl sites for hydroxylation is 4. The molecule has 1 atom stereocenters. The number of rotatable bonds is 3. The molecule has 0 spiro atoms. The van der Waals surface area contributed by atoms with E-state index in [4.69, 9.17) is 0 Å². The van der Waals surface area contributed by atoms with Gasteiger partial charge < -0.3 is 5.32 Å². The average molecular weight is 271 g/mol. The summed E-state index contributed by atoms with van der Waals surface area (Å²) in [5, 5.41) is 3.48. The molecular formula is C17H21NS. The number of hydrogen-bond donors (Lipinski definition) is 1. The van der Waals surface area contributed by atoms with Crippen molar-refractivity contribution < 1.29 is 0 Å². The van der Waals surface area contributed by atoms with E-state index in [-0.39, 0.29) is 0 Å². The molecule has 0 saturated carbocycles. The van der Waals surface area contributed by atoms with Crippen LogP contribution in [0.2, 0.25) is 0 Å². The Morgan fingerprint density at radius 1 is 1.11 bits per heavy atom. The molecule has 19 heavy (non-hydrogen) atoms. The maximum absolute atomic E-state index is 3.48. The first kappa shape index (κ1) is 12.9. The topological polar surface area (TPSA) is 12.0 Å². The van der Waals surface area contributed by atoms with Crippen molar-refractivity contribution in [1.29, 1.82) is 0 Å². The lowest BCUT2D eigenvalue weighted by Gasteiger charge is -2.16. The average Bonchev–Trinajstić information content (AvgIpc) is 2.98. The quantitative estimate of drug-likeness (QED) is 0.884. The molecule has 1 aromatic carbocycles. The molecule has 1 nitrogen and oxygen atoms in total. The highest BCUT2D eigenvalue weighted by Gasteiger charge is 2.18. The third kappa shape index (κ3) is 2.35. The summed E-state index contributed by atoms with van der Waals surface area (Å²) < 4.78 is 0. The van der Waals surface area contributed by atoms with Gasteiger partial charge in [0.15, 0.2) is 0 Å². The third-order valence-corrected chi connectivity index (χ3v) is 5.43. The van der Waals surface area contributed by atoms with Crippen LogP contribution >= 0.6 is 11.3 Å². The minimum atomic E-state index is 0.336. The molecule has 2 heteroatoms. The first-order valence-electron chi connectivity index (χ1n) is 7.05. The Kier molecular flexibility index (Phi) is 3.46. The Hall–Kier alpha value is -1.12. The van der Waals surface area contributed by atoms with Gasteiger partial charge in [-0.1, -0.05) is 18.2 Å². The Balaban J connectivity index is 1.98. The molecule has 1 aromatic heterocycles. The van der Waals surface area contributed by atoms with E-state index in [1.807, 2.05) is 11.3 Å². The molecule has 1 heterocycles. The van der Waals surface area contributed by atoms with Gasteiger partial charge in [0.1, 0.15) is 0 Å². The summed E-state index contributed by atoms with van der Waals surface area (Å²) in [6.45, 7) is 4.41. The molecule has 100 valence electrons. The van der Waals surface area contributed by atoms with Crippen LogP contribution in [0.25, 0.3) is 0 Å². The number of fused-ring (bicyclic) bond motifs is 1. The maximum Gasteiger partial charge on any atom is 0.0668 e. The monoisotopic (exact) mass is 271 g/mol. The Bertz CT molecular complexity index is 578. The SMILES string of the molecule is CNC(c1ccc2c(c1)CCC2)c1cc(C)c(C)s1. The smallest absolute Gasteiger partial charge is 0.0668 e. The zero-order valence-electron chi connectivity index (χ0n) is 11.9. The van der Waals surface area contributed by atoms with Gasteiger partial charge in [0.2, 0.25) is 0 Å². The van der Waals surface area contributed by atoms with Gasteiger partial charge in [0, 0.05) is 9.75 Å². The van der Waals surface area contributed by atoms with Crippen molar-refractivity contribution in [3.63, 3.8) is 0 Å². The van der Waals surface area contributed by atoms with Crippen LogP contribution in [0.4, 0.5) is 0 Å². The number of thiophene rings is 1. The van der Waals surface area contributed by atoms with Gasteiger partial charge in [-0.2, -0.15) is 0 Å². The summed E-state index contributed by atoms with van der Waals surface area (Å²) in [4.78, 5) is 2.85. The summed E-state index contributed by atoms with van der Waals surface area (Å²) >= 11 is 1.91. The van der Waals surface area contributed by atoms with Crippen LogP contribution in [0, 0.1) is 13.8 Å². The van der Waals surface area contributed by atoms with Crippen LogP contribution in [-0.4, -0.2) is 7.05 Å². The zero-order valence-corrected chi connectivity index (χ0v) is 12.7. The van der Waals surface area contributed by atoms with E-state index in [0.29, 0.717) is 6.04 Å². The van der Waals surface area contributed by atoms with E-state index in [1.54, 1.807) is 11.1 Å². The molecule has 1 aliphatic carbocycles. The second-order valence-corrected chi connectivity index (χ2v) is 6.78. The molecule has 1 N–H and O–H groups in total. The predicted molar refractivity (Wildman–Crippen MR) is 83.2 cm³/mol. The highest BCUT2D eigenvalue weighted by Crippen LogP contribution is 2.32. The van der Waals surface area contributed by atoms with Crippen molar-refractivity contribution in [2.75, 3.05) is 7.05 Å². The summed E-state index contributed by atoms with van der Waals surface area (Å²) in [6, 6.07) is 9.70. The van der Waals surface area contributed by atoms with Crippen molar-refractivity contribution in [3.05, 3.63) is 56.3 Å². The molecule has 1 aliphatic rings. The third-order valence-electron chi connectivity index (χ3n) is 4.21. The second-order valence-electron chi connectivity index (χ2n) is 5.49. The van der Waals surface area contributed by atoms with Gasteiger partial charge in [0.25, 0.3) is 0 Å². The molecule has 1 unspecified atom stereocenters. The standard InChI is InChI=1S/C17H21NS/c1-11-9-16(19-12(11)2)17(18-3)15-8-7-13-5-4-6-14(13)10-15/h7-10,17-18H,4-6H2,1-3H3. The molecule has 0 aliphatic heterocycles. The minimum absolute atomic E-state index is 0.336. The van der Waals surface area contributed by atoms with Crippen LogP contribution in [-0.2, 0) is 12.8 Å². The Labute approximate surface area is 119 Å². The van der Waals surface area contributed by atoms with E-state index in [9.17, 15) is 0 Å². The van der Waals surface area contributed by atoms with Crippen LogP contribution in [0.15, 0.2) is 24.3 Å². The van der Waals surface area contributed by atoms with Crippen molar-refractivity contribution in [2.45, 2.75) is 39.2 Å². The fraction of sp³-hybridized carbons (Fsp3) is 0.412. The lowest BCUT2D eigenvalue weighted by Crippen LogP contribution is -2.16. The van der Waals surface area contributed by atoms with E-state index in [0.717, 1.165) is 0 Å². The first-order chi connectivity index (χ1) is 9.19. The lowest BCUT2D eigenvalue weighted by atomic mass is 10.00. The molecule has 0 radical (unpaired) electrons. The predicted octanol–water partition coefficient (Wildman–Crippen LogP) is 4.16. The van der Waals surface area contributed by atoms with Gasteiger partial charge in [-0.25, -0.2) is 0 Å². The van der Waals surface area contributed by atoms with Crippen molar-refractivity contribution in [1.82, 2.24) is 5.32 Å². The lowest BCUT2D eigenvalue weighted by molar-refractivity contribution is 0.702. The number of hydrogen-bond acceptors (Lipinski definition) is 2. The summed E-state index contributed by atoms with van der Waals surface area (Å²) in [5.74, 6) is 0. The molecule has 0 bridgehead atoms. The van der Waals surface area contributed by atoms with Crippen molar-refractivity contribution >= 4 is 11.3 Å². The van der Waals surface area contributed by atoms with E-state index < -0.39 is 0 Å². The largest absolute Gasteiger partial charge is 0.309 e. The fourth-order valence-corrected chi connectivity index (χ4v) is 4.17. The fourth-order valence-electron chi connectivity index (χ4n) is 2.99. The van der Waals surface area contributed by atoms with E-state index in [1.165, 1.54) is 40.1 Å². The van der Waals surface area contributed by atoms with Crippen LogP contribution < -0.4 is 5.32 Å². The highest BCUT2D eigenvalue weighted by atomic mass is 32.1. The van der Waals surface area contributed by atoms with Gasteiger partial charge in [-0.15, -0.1) is 11.3 Å². The maximum atomic E-state index is 3.48. The minimum Gasteiger partial charge on any atom is -0.309 e. The Morgan fingerprint density at radius 2 is 1.89 bits per heavy atom. The van der Waals surface area contributed by atoms with Crippen molar-refractivity contribution in [2.24, 2.45) is 0 Å². The second kappa shape index (κ2) is 5.10. The van der Waals surface area contributed by atoms with Crippen LogP contribution in [0.5, 0.6) is 0 Å². The highest BCUT2D eigenvalue weighted by molar-refractivity contribution is 7.12. The number of benzene rings is 1. The van der Waals surface area contributed by atoms with E-state index >= 15 is 0 Å². The van der Waals surface area contributed by atoms with Gasteiger partial charge in [-0.05, 0) is 68.5 Å². The van der Waals surface area contributed by atoms with E-state index in [2.05, 4.69) is 50.5 Å². The first-order valence-corrected chi connectivity index (χ1v) is 7.86. The zero-order chi connectivity index (χ0) is 13.4. The van der Waals surface area contributed by atoms with Crippen LogP contribution in [0.3, 0.4) is 0 Å². The normalized spacial score (nSPS) is 15.5. The summed E-state index contributed by atoms with van der Waals surface area (Å²) in [5.41, 5.74) is 5.92. The molecule has 2 aromatic rings. The van der Waals surface area contributed by atoms with Gasteiger partial charge in [0.05, 0.1) is 6.04 Å². The molecule has 0 saturated heterocycles. The summed E-state index contributed by atoms with van der Waals surface area (Å²) in [7, 11) is 2.06. The van der Waals surface area contributed by atoms with Gasteiger partial charge in [-0.3, -0.25) is 0 Å². The summed E-state index contributed by atoms with van der Waals surface area (Å²) in [6.07, 6.45) is 3.83. The molecule has 0 fully saturated rings. The molecule has 0 amide bonds. The molecular weight excluding hydrogens is 250 g/mol. The number of nitrogens with one attached hydrogen (secondary N) is 1. The van der Waals surface area contributed by atoms with Gasteiger partial charge >= 0.3 is 0 Å². The van der Waals surface area contributed by atoms with Crippen molar-refractivity contribution in [3.8, 4) is 0 Å². The Morgan fingerprint density at radius 3 is 2.58 bits per heavy atom.